The number of nitrogens with two attached hydrogens (primary N) is 1. The highest BCUT2D eigenvalue weighted by atomic mass is 19.1. The first-order valence-corrected chi connectivity index (χ1v) is 8.99. The Morgan fingerprint density at radius 2 is 1.90 bits per heavy atom. The van der Waals surface area contributed by atoms with Gasteiger partial charge in [-0.15, -0.1) is 0 Å². The number of carbonyl (C=O) groups is 2. The van der Waals surface area contributed by atoms with E-state index in [0.717, 1.165) is 17.7 Å². The molecule has 0 aromatic heterocycles. The Kier molecular flexibility index (Phi) is 8.10. The molecule has 0 spiro atoms. The second-order valence-corrected chi connectivity index (χ2v) is 6.28. The standard InChI is InChI=1S/C22H22F2N2O4/c1-14(15-6-8-16(9-7-15)22(28)29-2)26-21(27)17(10-19(24)12-25)13-30-20-5-3-4-18(23)11-20/h3-12,14H,13,25H2,1-2H3,(H,26,27)/b17-10+,19-12+. The quantitative estimate of drug-likeness (QED) is 0.390. The number of halogens is 2. The number of carbonyl (C=O) groups excluding carboxylic acids is 2. The Balaban J connectivity index is 2.11. The van der Waals surface area contributed by atoms with E-state index in [1.165, 1.54) is 25.3 Å². The van der Waals surface area contributed by atoms with Crippen LogP contribution < -0.4 is 15.8 Å². The second kappa shape index (κ2) is 10.8. The third-order valence-corrected chi connectivity index (χ3v) is 4.13. The summed E-state index contributed by atoms with van der Waals surface area (Å²) in [6.07, 6.45) is 1.66. The second-order valence-electron chi connectivity index (χ2n) is 6.28. The molecule has 2 rings (SSSR count). The molecule has 0 aliphatic heterocycles. The summed E-state index contributed by atoms with van der Waals surface area (Å²) in [6, 6.07) is 11.4. The van der Waals surface area contributed by atoms with E-state index >= 15 is 0 Å². The third-order valence-electron chi connectivity index (χ3n) is 4.13. The van der Waals surface area contributed by atoms with Gasteiger partial charge in [0.1, 0.15) is 24.0 Å². The molecule has 0 fully saturated rings. The minimum atomic E-state index is -0.821. The van der Waals surface area contributed by atoms with E-state index in [2.05, 4.69) is 10.1 Å². The number of benzene rings is 2. The average molecular weight is 416 g/mol. The topological polar surface area (TPSA) is 90.7 Å². The van der Waals surface area contributed by atoms with Gasteiger partial charge in [0, 0.05) is 12.3 Å². The molecule has 6 nitrogen and oxygen atoms in total. The Labute approximate surface area is 173 Å². The largest absolute Gasteiger partial charge is 0.489 e. The van der Waals surface area contributed by atoms with Crippen LogP contribution in [0.5, 0.6) is 5.75 Å². The van der Waals surface area contributed by atoms with E-state index in [1.807, 2.05) is 0 Å². The van der Waals surface area contributed by atoms with E-state index in [9.17, 15) is 18.4 Å². The molecule has 1 atom stereocenters. The first-order valence-electron chi connectivity index (χ1n) is 8.99. The summed E-state index contributed by atoms with van der Waals surface area (Å²) in [5.74, 6) is -2.19. The number of amides is 1. The van der Waals surface area contributed by atoms with Crippen LogP contribution in [0.15, 0.2) is 72.2 Å². The zero-order valence-electron chi connectivity index (χ0n) is 16.5. The number of hydrogen-bond donors (Lipinski definition) is 2. The molecular formula is C22H22F2N2O4. The van der Waals surface area contributed by atoms with Crippen molar-refractivity contribution in [2.45, 2.75) is 13.0 Å². The lowest BCUT2D eigenvalue weighted by atomic mass is 10.1. The number of ether oxygens (including phenoxy) is 2. The van der Waals surface area contributed by atoms with Crippen LogP contribution in [-0.4, -0.2) is 25.6 Å². The lowest BCUT2D eigenvalue weighted by molar-refractivity contribution is -0.118. The smallest absolute Gasteiger partial charge is 0.337 e. The molecule has 0 aliphatic rings. The summed E-state index contributed by atoms with van der Waals surface area (Å²) < 4.78 is 37.0. The van der Waals surface area contributed by atoms with Gasteiger partial charge in [0.15, 0.2) is 0 Å². The van der Waals surface area contributed by atoms with Crippen LogP contribution in [0.1, 0.15) is 28.9 Å². The van der Waals surface area contributed by atoms with Gasteiger partial charge in [0.05, 0.1) is 24.3 Å². The van der Waals surface area contributed by atoms with Crippen molar-refractivity contribution in [3.63, 3.8) is 0 Å². The predicted octanol–water partition coefficient (Wildman–Crippen LogP) is 3.56. The lowest BCUT2D eigenvalue weighted by Crippen LogP contribution is -2.30. The van der Waals surface area contributed by atoms with Crippen molar-refractivity contribution in [3.8, 4) is 5.75 Å². The van der Waals surface area contributed by atoms with Crippen LogP contribution in [0, 0.1) is 5.82 Å². The van der Waals surface area contributed by atoms with Crippen molar-refractivity contribution in [2.24, 2.45) is 5.73 Å². The average Bonchev–Trinajstić information content (AvgIpc) is 2.75. The van der Waals surface area contributed by atoms with Gasteiger partial charge >= 0.3 is 5.97 Å². The van der Waals surface area contributed by atoms with Crippen molar-refractivity contribution in [3.05, 3.63) is 89.2 Å². The Morgan fingerprint density at radius 1 is 1.20 bits per heavy atom. The first kappa shape index (κ1) is 22.6. The Hall–Kier alpha value is -3.68. The highest BCUT2D eigenvalue weighted by molar-refractivity contribution is 5.94. The molecule has 0 radical (unpaired) electrons. The number of hydrogen-bond acceptors (Lipinski definition) is 5. The van der Waals surface area contributed by atoms with Crippen molar-refractivity contribution in [2.75, 3.05) is 13.7 Å². The van der Waals surface area contributed by atoms with E-state index in [4.69, 9.17) is 10.5 Å². The summed E-state index contributed by atoms with van der Waals surface area (Å²) in [7, 11) is 1.29. The molecule has 0 aliphatic carbocycles. The number of methoxy groups -OCH3 is 1. The molecule has 2 aromatic rings. The van der Waals surface area contributed by atoms with Crippen LogP contribution >= 0.6 is 0 Å². The molecule has 1 unspecified atom stereocenters. The molecule has 0 heterocycles. The van der Waals surface area contributed by atoms with Gasteiger partial charge in [0.2, 0.25) is 0 Å². The predicted molar refractivity (Wildman–Crippen MR) is 108 cm³/mol. The van der Waals surface area contributed by atoms with Gasteiger partial charge in [-0.3, -0.25) is 4.79 Å². The van der Waals surface area contributed by atoms with Gasteiger partial charge in [-0.05, 0) is 42.8 Å². The Morgan fingerprint density at radius 3 is 2.50 bits per heavy atom. The minimum Gasteiger partial charge on any atom is -0.489 e. The van der Waals surface area contributed by atoms with Gasteiger partial charge in [-0.1, -0.05) is 18.2 Å². The molecule has 8 heteroatoms. The number of allylic oxidation sites excluding steroid dienone is 2. The lowest BCUT2D eigenvalue weighted by Gasteiger charge is -2.17. The summed E-state index contributed by atoms with van der Waals surface area (Å²) in [5, 5.41) is 2.72. The third kappa shape index (κ3) is 6.44. The van der Waals surface area contributed by atoms with Crippen LogP contribution in [0.25, 0.3) is 0 Å². The highest BCUT2D eigenvalue weighted by Crippen LogP contribution is 2.17. The fourth-order valence-electron chi connectivity index (χ4n) is 2.50. The maximum Gasteiger partial charge on any atom is 0.337 e. The van der Waals surface area contributed by atoms with Crippen LogP contribution in [-0.2, 0) is 9.53 Å². The maximum atomic E-state index is 13.7. The fraction of sp³-hybridized carbons (Fsp3) is 0.182. The summed E-state index contributed by atoms with van der Waals surface area (Å²) in [5.41, 5.74) is 6.20. The molecule has 1 amide bonds. The molecule has 0 saturated carbocycles. The first-order chi connectivity index (χ1) is 14.3. The van der Waals surface area contributed by atoms with E-state index in [1.54, 1.807) is 31.2 Å². The number of esters is 1. The van der Waals surface area contributed by atoms with E-state index in [-0.39, 0.29) is 17.9 Å². The van der Waals surface area contributed by atoms with Crippen molar-refractivity contribution in [1.82, 2.24) is 5.32 Å². The minimum absolute atomic E-state index is 0.0449. The van der Waals surface area contributed by atoms with Crippen molar-refractivity contribution < 1.29 is 27.8 Å². The van der Waals surface area contributed by atoms with Crippen LogP contribution in [0.3, 0.4) is 0 Å². The zero-order valence-corrected chi connectivity index (χ0v) is 16.5. The molecule has 0 bridgehead atoms. The zero-order chi connectivity index (χ0) is 22.1. The van der Waals surface area contributed by atoms with Crippen molar-refractivity contribution in [1.29, 1.82) is 0 Å². The molecule has 2 aromatic carbocycles. The molecule has 3 N–H and O–H groups in total. The summed E-state index contributed by atoms with van der Waals surface area (Å²) >= 11 is 0. The Bertz CT molecular complexity index is 956. The molecule has 0 saturated heterocycles. The highest BCUT2D eigenvalue weighted by Gasteiger charge is 2.16. The fourth-order valence-corrected chi connectivity index (χ4v) is 2.50. The normalized spacial score (nSPS) is 12.8. The monoisotopic (exact) mass is 416 g/mol. The summed E-state index contributed by atoms with van der Waals surface area (Å²) in [4.78, 5) is 24.2. The maximum absolute atomic E-state index is 13.7. The van der Waals surface area contributed by atoms with Crippen molar-refractivity contribution >= 4 is 11.9 Å². The van der Waals surface area contributed by atoms with Gasteiger partial charge in [-0.25, -0.2) is 13.6 Å². The van der Waals surface area contributed by atoms with Gasteiger partial charge < -0.3 is 20.5 Å². The van der Waals surface area contributed by atoms with Gasteiger partial charge in [-0.2, -0.15) is 0 Å². The number of nitrogens with one attached hydrogen (secondary N) is 1. The van der Waals surface area contributed by atoms with E-state index in [0.29, 0.717) is 11.8 Å². The molecular weight excluding hydrogens is 394 g/mol. The van der Waals surface area contributed by atoms with Crippen LogP contribution in [0.4, 0.5) is 8.78 Å². The molecule has 30 heavy (non-hydrogen) atoms. The number of rotatable bonds is 8. The SMILES string of the molecule is COC(=O)c1ccc(C(C)NC(=O)/C(=C/C(F)=C\N)COc2cccc(F)c2)cc1. The summed E-state index contributed by atoms with van der Waals surface area (Å²) in [6.45, 7) is 1.43. The van der Waals surface area contributed by atoms with Gasteiger partial charge in [0.25, 0.3) is 5.91 Å². The van der Waals surface area contributed by atoms with E-state index < -0.39 is 29.6 Å². The van der Waals surface area contributed by atoms with Crippen LogP contribution in [0.2, 0.25) is 0 Å². The molecule has 158 valence electrons.